The fraction of sp³-hybridized carbons (Fsp3) is 0.368. The Labute approximate surface area is 146 Å². The Morgan fingerprint density at radius 1 is 1.28 bits per heavy atom. The first-order valence-corrected chi connectivity index (χ1v) is 8.38. The number of rotatable bonds is 5. The fourth-order valence-electron chi connectivity index (χ4n) is 3.11. The number of halogens is 1. The molecule has 0 N–H and O–H groups in total. The van der Waals surface area contributed by atoms with Crippen LogP contribution in [0.4, 0.5) is 4.39 Å². The highest BCUT2D eigenvalue weighted by molar-refractivity contribution is 6.42. The number of aromatic nitrogens is 1. The van der Waals surface area contributed by atoms with E-state index >= 15 is 0 Å². The van der Waals surface area contributed by atoms with E-state index in [4.69, 9.17) is 4.74 Å². The molecule has 1 amide bonds. The Kier molecular flexibility index (Phi) is 5.16. The molecule has 2 heterocycles. The summed E-state index contributed by atoms with van der Waals surface area (Å²) in [6, 6.07) is 9.39. The van der Waals surface area contributed by atoms with Crippen molar-refractivity contribution in [2.75, 3.05) is 19.7 Å². The standard InChI is InChI=1S/C19H21FN2O3/c1-21-9-4-8-17(21)18(23)19(24)22-10-3-5-14(12-22)13-25-16-7-2-6-15(20)11-16/h2,4,6-9,11,14H,3,5,10,12-13H2,1H3/t14-/m0/s1. The number of Topliss-reactive ketones (excluding diaryl/α,β-unsaturated/α-hetero) is 1. The first-order valence-electron chi connectivity index (χ1n) is 8.38. The minimum Gasteiger partial charge on any atom is -0.493 e. The maximum absolute atomic E-state index is 13.2. The largest absolute Gasteiger partial charge is 0.493 e. The third-order valence-electron chi connectivity index (χ3n) is 4.46. The van der Waals surface area contributed by atoms with Crippen LogP contribution in [-0.4, -0.2) is 40.9 Å². The molecule has 0 spiro atoms. The van der Waals surface area contributed by atoms with Gasteiger partial charge in [0, 0.05) is 38.3 Å². The number of benzene rings is 1. The zero-order valence-corrected chi connectivity index (χ0v) is 14.2. The van der Waals surface area contributed by atoms with Crippen molar-refractivity contribution in [3.63, 3.8) is 0 Å². The van der Waals surface area contributed by atoms with Gasteiger partial charge in [-0.15, -0.1) is 0 Å². The number of likely N-dealkylation sites (tertiary alicyclic amines) is 1. The van der Waals surface area contributed by atoms with E-state index in [0.29, 0.717) is 31.1 Å². The van der Waals surface area contributed by atoms with Crippen LogP contribution in [0, 0.1) is 11.7 Å². The summed E-state index contributed by atoms with van der Waals surface area (Å²) in [6.45, 7) is 1.45. The molecular weight excluding hydrogens is 323 g/mol. The lowest BCUT2D eigenvalue weighted by molar-refractivity contribution is -0.128. The van der Waals surface area contributed by atoms with Gasteiger partial charge in [0.15, 0.2) is 0 Å². The molecule has 1 fully saturated rings. The normalized spacial score (nSPS) is 17.4. The molecule has 1 aliphatic heterocycles. The second kappa shape index (κ2) is 7.51. The molecule has 0 unspecified atom stereocenters. The minimum atomic E-state index is -0.487. The van der Waals surface area contributed by atoms with Crippen molar-refractivity contribution in [1.82, 2.24) is 9.47 Å². The number of ether oxygens (including phenoxy) is 1. The van der Waals surface area contributed by atoms with Crippen LogP contribution in [-0.2, 0) is 11.8 Å². The highest BCUT2D eigenvalue weighted by atomic mass is 19.1. The van der Waals surface area contributed by atoms with Crippen molar-refractivity contribution in [3.05, 3.63) is 54.1 Å². The van der Waals surface area contributed by atoms with Crippen LogP contribution in [0.1, 0.15) is 23.3 Å². The van der Waals surface area contributed by atoms with Gasteiger partial charge in [0.2, 0.25) is 0 Å². The molecule has 6 heteroatoms. The van der Waals surface area contributed by atoms with E-state index in [2.05, 4.69) is 0 Å². The van der Waals surface area contributed by atoms with Gasteiger partial charge in [-0.05, 0) is 37.1 Å². The van der Waals surface area contributed by atoms with E-state index in [0.717, 1.165) is 12.8 Å². The quantitative estimate of drug-likeness (QED) is 0.619. The fourth-order valence-corrected chi connectivity index (χ4v) is 3.11. The van der Waals surface area contributed by atoms with Gasteiger partial charge in [0.1, 0.15) is 11.6 Å². The SMILES string of the molecule is Cn1cccc1C(=O)C(=O)N1CCC[C@H](COc2cccc(F)c2)C1. The summed E-state index contributed by atoms with van der Waals surface area (Å²) in [4.78, 5) is 26.4. The van der Waals surface area contributed by atoms with Crippen LogP contribution in [0.5, 0.6) is 5.75 Å². The topological polar surface area (TPSA) is 51.5 Å². The van der Waals surface area contributed by atoms with Crippen molar-refractivity contribution in [1.29, 1.82) is 0 Å². The van der Waals surface area contributed by atoms with Crippen LogP contribution in [0.15, 0.2) is 42.6 Å². The Hall–Kier alpha value is -2.63. The third kappa shape index (κ3) is 4.07. The summed E-state index contributed by atoms with van der Waals surface area (Å²) < 4.78 is 20.5. The summed E-state index contributed by atoms with van der Waals surface area (Å²) in [5.74, 6) is -0.701. The minimum absolute atomic E-state index is 0.127. The Morgan fingerprint density at radius 3 is 2.84 bits per heavy atom. The number of hydrogen-bond acceptors (Lipinski definition) is 3. The lowest BCUT2D eigenvalue weighted by atomic mass is 9.98. The van der Waals surface area contributed by atoms with Gasteiger partial charge in [-0.1, -0.05) is 6.07 Å². The number of ketones is 1. The number of carbonyl (C=O) groups is 2. The molecule has 0 bridgehead atoms. The van der Waals surface area contributed by atoms with E-state index in [9.17, 15) is 14.0 Å². The van der Waals surface area contributed by atoms with Gasteiger partial charge in [-0.2, -0.15) is 0 Å². The lowest BCUT2D eigenvalue weighted by Crippen LogP contribution is -2.44. The number of carbonyl (C=O) groups excluding carboxylic acids is 2. The molecule has 1 aromatic heterocycles. The van der Waals surface area contributed by atoms with Gasteiger partial charge < -0.3 is 14.2 Å². The predicted octanol–water partition coefficient (Wildman–Crippen LogP) is 2.66. The van der Waals surface area contributed by atoms with E-state index in [1.165, 1.54) is 12.1 Å². The number of amides is 1. The summed E-state index contributed by atoms with van der Waals surface area (Å²) in [5, 5.41) is 0. The highest BCUT2D eigenvalue weighted by Crippen LogP contribution is 2.20. The summed E-state index contributed by atoms with van der Waals surface area (Å²) in [5.41, 5.74) is 0.392. The Balaban J connectivity index is 1.58. The smallest absolute Gasteiger partial charge is 0.296 e. The number of aryl methyl sites for hydroxylation is 1. The molecule has 1 aromatic carbocycles. The van der Waals surface area contributed by atoms with Crippen LogP contribution in [0.2, 0.25) is 0 Å². The van der Waals surface area contributed by atoms with Gasteiger partial charge in [-0.3, -0.25) is 9.59 Å². The highest BCUT2D eigenvalue weighted by Gasteiger charge is 2.29. The molecule has 0 saturated carbocycles. The molecule has 2 aromatic rings. The van der Waals surface area contributed by atoms with Gasteiger partial charge in [-0.25, -0.2) is 4.39 Å². The van der Waals surface area contributed by atoms with Crippen LogP contribution < -0.4 is 4.74 Å². The van der Waals surface area contributed by atoms with Crippen molar-refractivity contribution in [2.45, 2.75) is 12.8 Å². The first kappa shape index (κ1) is 17.2. The molecule has 0 radical (unpaired) electrons. The molecule has 25 heavy (non-hydrogen) atoms. The second-order valence-electron chi connectivity index (χ2n) is 6.36. The zero-order valence-electron chi connectivity index (χ0n) is 14.2. The number of hydrogen-bond donors (Lipinski definition) is 0. The Morgan fingerprint density at radius 2 is 2.12 bits per heavy atom. The van der Waals surface area contributed by atoms with E-state index in [-0.39, 0.29) is 11.7 Å². The Bertz CT molecular complexity index is 772. The van der Waals surface area contributed by atoms with Crippen LogP contribution in [0.25, 0.3) is 0 Å². The molecule has 132 valence electrons. The molecule has 1 aliphatic rings. The third-order valence-corrected chi connectivity index (χ3v) is 4.46. The summed E-state index contributed by atoms with van der Waals surface area (Å²) in [6.07, 6.45) is 3.48. The second-order valence-corrected chi connectivity index (χ2v) is 6.36. The van der Waals surface area contributed by atoms with E-state index < -0.39 is 11.7 Å². The van der Waals surface area contributed by atoms with E-state index in [1.54, 1.807) is 47.0 Å². The number of nitrogens with zero attached hydrogens (tertiary/aromatic N) is 2. The maximum atomic E-state index is 13.2. The van der Waals surface area contributed by atoms with Crippen LogP contribution in [0.3, 0.4) is 0 Å². The average Bonchev–Trinajstić information content (AvgIpc) is 3.05. The molecule has 0 aliphatic carbocycles. The van der Waals surface area contributed by atoms with Crippen LogP contribution >= 0.6 is 0 Å². The predicted molar refractivity (Wildman–Crippen MR) is 90.9 cm³/mol. The first-order chi connectivity index (χ1) is 12.0. The van der Waals surface area contributed by atoms with Gasteiger partial charge in [0.25, 0.3) is 11.7 Å². The summed E-state index contributed by atoms with van der Waals surface area (Å²) >= 11 is 0. The van der Waals surface area contributed by atoms with E-state index in [1.807, 2.05) is 0 Å². The van der Waals surface area contributed by atoms with Crippen molar-refractivity contribution >= 4 is 11.7 Å². The molecule has 1 saturated heterocycles. The maximum Gasteiger partial charge on any atom is 0.296 e. The molecule has 3 rings (SSSR count). The van der Waals surface area contributed by atoms with Crippen molar-refractivity contribution < 1.29 is 18.7 Å². The molecule has 5 nitrogen and oxygen atoms in total. The number of piperidine rings is 1. The van der Waals surface area contributed by atoms with Crippen molar-refractivity contribution in [2.24, 2.45) is 13.0 Å². The summed E-state index contributed by atoms with van der Waals surface area (Å²) in [7, 11) is 1.74. The van der Waals surface area contributed by atoms with Gasteiger partial charge >= 0.3 is 0 Å². The van der Waals surface area contributed by atoms with Crippen molar-refractivity contribution in [3.8, 4) is 5.75 Å². The van der Waals surface area contributed by atoms with Gasteiger partial charge in [0.05, 0.1) is 12.3 Å². The lowest BCUT2D eigenvalue weighted by Gasteiger charge is -2.32. The monoisotopic (exact) mass is 344 g/mol. The molecular formula is C19H21FN2O3. The molecule has 1 atom stereocenters. The average molecular weight is 344 g/mol. The zero-order chi connectivity index (χ0) is 17.8.